The van der Waals surface area contributed by atoms with Gasteiger partial charge >= 0.3 is 0 Å². The van der Waals surface area contributed by atoms with Crippen molar-refractivity contribution in [2.24, 2.45) is 0 Å². The van der Waals surface area contributed by atoms with E-state index in [1.165, 1.54) is 55.5 Å². The Hall–Kier alpha value is -3.91. The maximum Gasteiger partial charge on any atom is 0.210 e. The molecule has 0 aliphatic carbocycles. The Labute approximate surface area is 253 Å². The van der Waals surface area contributed by atoms with Gasteiger partial charge in [0.1, 0.15) is 7.05 Å². The fourth-order valence-corrected chi connectivity index (χ4v) is 7.20. The average Bonchev–Trinajstić information content (AvgIpc) is 3.32. The molecule has 0 N–H and O–H groups in total. The lowest BCUT2D eigenvalue weighted by atomic mass is 9.79. The topological polar surface area (TPSA) is 6.25 Å². The first-order valence-corrected chi connectivity index (χ1v) is 15.5. The summed E-state index contributed by atoms with van der Waals surface area (Å²) in [5.41, 5.74) is 7.88. The van der Waals surface area contributed by atoms with Crippen LogP contribution in [0.1, 0.15) is 73.4 Å². The van der Waals surface area contributed by atoms with E-state index in [4.69, 9.17) is 0 Å². The molecular weight excluding hydrogens is 508 g/mol. The summed E-state index contributed by atoms with van der Waals surface area (Å²) in [6, 6.07) is 26.6. The van der Waals surface area contributed by atoms with Gasteiger partial charge < -0.3 is 4.90 Å². The van der Waals surface area contributed by atoms with E-state index in [0.29, 0.717) is 0 Å². The monoisotopic (exact) mass is 555 g/mol. The number of nitrogens with zero attached hydrogens (tertiary/aromatic N) is 2. The van der Waals surface area contributed by atoms with Crippen LogP contribution < -0.4 is 4.90 Å². The van der Waals surface area contributed by atoms with Crippen molar-refractivity contribution >= 4 is 38.6 Å². The molecule has 2 aliphatic rings. The molecule has 4 aromatic rings. The molecule has 0 bridgehead atoms. The van der Waals surface area contributed by atoms with Gasteiger partial charge in [0.15, 0.2) is 5.71 Å². The molecule has 0 unspecified atom stereocenters. The Balaban J connectivity index is 0.00000173. The summed E-state index contributed by atoms with van der Waals surface area (Å²) in [5.74, 6) is 0. The second kappa shape index (κ2) is 10.7. The van der Waals surface area contributed by atoms with Gasteiger partial charge in [0.05, 0.1) is 5.41 Å². The fourth-order valence-electron chi connectivity index (χ4n) is 7.20. The van der Waals surface area contributed by atoms with Gasteiger partial charge in [-0.05, 0) is 79.9 Å². The highest BCUT2D eigenvalue weighted by atomic mass is 15.2. The van der Waals surface area contributed by atoms with E-state index >= 15 is 0 Å². The first-order chi connectivity index (χ1) is 19.9. The number of allylic oxidation sites excluding steroid dienone is 6. The maximum atomic E-state index is 2.53. The Morgan fingerprint density at radius 1 is 0.667 bits per heavy atom. The zero-order valence-electron chi connectivity index (χ0n) is 27.2. The van der Waals surface area contributed by atoms with Gasteiger partial charge in [0.2, 0.25) is 5.69 Å². The summed E-state index contributed by atoms with van der Waals surface area (Å²) in [5, 5.41) is 5.30. The molecule has 216 valence electrons. The second-order valence-corrected chi connectivity index (χ2v) is 13.4. The van der Waals surface area contributed by atoms with Crippen LogP contribution in [0.25, 0.3) is 21.5 Å². The molecule has 6 rings (SSSR count). The number of hydrogen-bond donors (Lipinski definition) is 0. The number of benzene rings is 4. The smallest absolute Gasteiger partial charge is 0.210 e. The van der Waals surface area contributed by atoms with Crippen LogP contribution in [0.3, 0.4) is 0 Å². The highest BCUT2D eigenvalue weighted by Crippen LogP contribution is 2.53. The third-order valence-corrected chi connectivity index (χ3v) is 8.95. The highest BCUT2D eigenvalue weighted by Gasteiger charge is 2.45. The molecule has 0 aromatic heterocycles. The van der Waals surface area contributed by atoms with Crippen LogP contribution in [-0.4, -0.2) is 22.9 Å². The molecule has 0 saturated carbocycles. The van der Waals surface area contributed by atoms with Crippen molar-refractivity contribution in [3.63, 3.8) is 0 Å². The molecule has 0 fully saturated rings. The van der Waals surface area contributed by atoms with Gasteiger partial charge in [0, 0.05) is 40.0 Å². The van der Waals surface area contributed by atoms with Gasteiger partial charge in [-0.15, -0.1) is 0 Å². The molecule has 0 amide bonds. The highest BCUT2D eigenvalue weighted by molar-refractivity contribution is 6.07. The van der Waals surface area contributed by atoms with E-state index in [1.807, 2.05) is 13.8 Å². The molecule has 4 aromatic carbocycles. The van der Waals surface area contributed by atoms with Crippen LogP contribution >= 0.6 is 0 Å². The number of hydrogen-bond acceptors (Lipinski definition) is 1. The minimum atomic E-state index is -0.108. The number of fused-ring (bicyclic) bond motifs is 6. The Morgan fingerprint density at radius 3 is 1.86 bits per heavy atom. The zero-order chi connectivity index (χ0) is 30.4. The van der Waals surface area contributed by atoms with Crippen molar-refractivity contribution < 1.29 is 4.58 Å². The number of anilines is 1. The standard InChI is InChI=1S/C38H41N2.C2H6/c1-36(2,3)40-31-25-23-27-17-13-15-19-29(27)35(31)38(6,7)33(40)21-11-9-10-20-32-37(4,5)34-28-18-14-12-16-26(28)22-24-30(34)39(32)8;1-2/h9-25H,1-8H3;1-2H3/q+1;. The minimum Gasteiger partial charge on any atom is -0.339 e. The molecule has 42 heavy (non-hydrogen) atoms. The van der Waals surface area contributed by atoms with Crippen molar-refractivity contribution in [1.29, 1.82) is 0 Å². The van der Waals surface area contributed by atoms with Crippen LogP contribution in [0, 0.1) is 0 Å². The van der Waals surface area contributed by atoms with Gasteiger partial charge in [0.25, 0.3) is 0 Å². The lowest BCUT2D eigenvalue weighted by molar-refractivity contribution is -0.401. The van der Waals surface area contributed by atoms with Crippen LogP contribution in [-0.2, 0) is 10.8 Å². The number of rotatable bonds is 3. The van der Waals surface area contributed by atoms with Crippen molar-refractivity contribution in [2.45, 2.75) is 78.7 Å². The van der Waals surface area contributed by atoms with E-state index in [-0.39, 0.29) is 16.4 Å². The predicted molar refractivity (Wildman–Crippen MR) is 185 cm³/mol. The van der Waals surface area contributed by atoms with E-state index < -0.39 is 0 Å². The third-order valence-electron chi connectivity index (χ3n) is 8.95. The fraction of sp³-hybridized carbons (Fsp3) is 0.325. The Morgan fingerprint density at radius 2 is 1.24 bits per heavy atom. The Kier molecular flexibility index (Phi) is 7.56. The molecular formula is C40H47N2+. The summed E-state index contributed by atoms with van der Waals surface area (Å²) < 4.78 is 2.35. The Bertz CT molecular complexity index is 1780. The average molecular weight is 556 g/mol. The van der Waals surface area contributed by atoms with Crippen LogP contribution in [0.2, 0.25) is 0 Å². The molecule has 2 heterocycles. The quantitative estimate of drug-likeness (QED) is 0.180. The normalized spacial score (nSPS) is 18.3. The van der Waals surface area contributed by atoms with Gasteiger partial charge in [-0.25, -0.2) is 0 Å². The molecule has 0 radical (unpaired) electrons. The molecule has 2 heteroatoms. The van der Waals surface area contributed by atoms with E-state index in [2.05, 4.69) is 168 Å². The zero-order valence-corrected chi connectivity index (χ0v) is 27.2. The molecule has 2 aliphatic heterocycles. The lowest BCUT2D eigenvalue weighted by Crippen LogP contribution is -2.41. The van der Waals surface area contributed by atoms with Crippen molar-refractivity contribution in [3.05, 3.63) is 120 Å². The SMILES string of the molecule is CC.C[N+]1=C(/C=C/C=C/C=C2/N(C(C)(C)C)c3ccc4ccccc4c3C2(C)C)C(C)(C)c2c1ccc1ccccc21. The van der Waals surface area contributed by atoms with Crippen molar-refractivity contribution in [3.8, 4) is 0 Å². The maximum absolute atomic E-state index is 2.53. The molecule has 2 nitrogen and oxygen atoms in total. The van der Waals surface area contributed by atoms with Gasteiger partial charge in [-0.2, -0.15) is 4.58 Å². The first kappa shape index (κ1) is 29.6. The summed E-state index contributed by atoms with van der Waals surface area (Å²) >= 11 is 0. The summed E-state index contributed by atoms with van der Waals surface area (Å²) in [6.07, 6.45) is 11.2. The first-order valence-electron chi connectivity index (χ1n) is 15.5. The van der Waals surface area contributed by atoms with Gasteiger partial charge in [-0.1, -0.05) is 101 Å². The van der Waals surface area contributed by atoms with E-state index in [9.17, 15) is 0 Å². The molecule has 0 spiro atoms. The summed E-state index contributed by atoms with van der Waals surface area (Å²) in [7, 11) is 2.19. The minimum absolute atomic E-state index is 0.0402. The van der Waals surface area contributed by atoms with Crippen LogP contribution in [0.4, 0.5) is 11.4 Å². The van der Waals surface area contributed by atoms with Crippen molar-refractivity contribution in [1.82, 2.24) is 0 Å². The lowest BCUT2D eigenvalue weighted by Gasteiger charge is -2.38. The van der Waals surface area contributed by atoms with E-state index in [1.54, 1.807) is 0 Å². The molecule has 0 saturated heterocycles. The van der Waals surface area contributed by atoms with Crippen LogP contribution in [0.15, 0.2) is 109 Å². The van der Waals surface area contributed by atoms with Crippen molar-refractivity contribution in [2.75, 3.05) is 11.9 Å². The predicted octanol–water partition coefficient (Wildman–Crippen LogP) is 10.6. The van der Waals surface area contributed by atoms with Gasteiger partial charge in [-0.3, -0.25) is 0 Å². The largest absolute Gasteiger partial charge is 0.339 e. The summed E-state index contributed by atoms with van der Waals surface area (Å²) in [6.45, 7) is 20.3. The van der Waals surface area contributed by atoms with Crippen LogP contribution in [0.5, 0.6) is 0 Å². The van der Waals surface area contributed by atoms with E-state index in [0.717, 1.165) is 0 Å². The summed E-state index contributed by atoms with van der Waals surface area (Å²) in [4.78, 5) is 2.53. The molecule has 0 atom stereocenters. The third kappa shape index (κ3) is 4.62. The second-order valence-electron chi connectivity index (χ2n) is 13.4.